The van der Waals surface area contributed by atoms with E-state index in [-0.39, 0.29) is 5.91 Å². The fraction of sp³-hybridized carbons (Fsp3) is 0.100. The van der Waals surface area contributed by atoms with E-state index in [4.69, 9.17) is 5.73 Å². The first-order chi connectivity index (χ1) is 7.65. The van der Waals surface area contributed by atoms with Crippen molar-refractivity contribution in [2.45, 2.75) is 6.92 Å². The molecular weight excluding hydrogens is 206 g/mol. The van der Waals surface area contributed by atoms with Gasteiger partial charge in [0, 0.05) is 5.69 Å². The van der Waals surface area contributed by atoms with Crippen LogP contribution < -0.4 is 11.1 Å². The van der Waals surface area contributed by atoms with Crippen LogP contribution in [0.1, 0.15) is 16.2 Å². The van der Waals surface area contributed by atoms with Crippen molar-refractivity contribution >= 4 is 17.4 Å². The first-order valence-electron chi connectivity index (χ1n) is 4.70. The number of nitrogens with zero attached hydrogens (tertiary/aromatic N) is 2. The largest absolute Gasteiger partial charge is 0.384 e. The van der Waals surface area contributed by atoms with E-state index >= 15 is 0 Å². The Hall–Kier alpha value is -2.37. The Kier molecular flexibility index (Phi) is 2.55. The highest BCUT2D eigenvalue weighted by atomic mass is 16.1. The van der Waals surface area contributed by atoms with Gasteiger partial charge < -0.3 is 11.1 Å². The summed E-state index contributed by atoms with van der Waals surface area (Å²) >= 11 is 0. The van der Waals surface area contributed by atoms with Crippen molar-refractivity contribution in [2.75, 3.05) is 11.1 Å². The standard InChI is InChI=1S/C10H11N5O/c1-6-4-8(15-14-6)10(16)13-7-2-3-9(11)12-5-7/h2-5H,1H3,(H2,11,12)(H,13,16)(H,14,15). The quantitative estimate of drug-likeness (QED) is 0.697. The molecule has 16 heavy (non-hydrogen) atoms. The molecule has 2 aromatic rings. The van der Waals surface area contributed by atoms with Crippen molar-refractivity contribution < 1.29 is 4.79 Å². The van der Waals surface area contributed by atoms with Crippen LogP contribution in [-0.2, 0) is 0 Å². The van der Waals surface area contributed by atoms with Crippen molar-refractivity contribution in [3.05, 3.63) is 35.8 Å². The van der Waals surface area contributed by atoms with E-state index in [9.17, 15) is 4.79 Å². The Morgan fingerprint density at radius 3 is 2.88 bits per heavy atom. The number of hydrogen-bond donors (Lipinski definition) is 3. The zero-order chi connectivity index (χ0) is 11.5. The summed E-state index contributed by atoms with van der Waals surface area (Å²) in [5.74, 6) is 0.129. The number of anilines is 2. The molecule has 0 fully saturated rings. The zero-order valence-electron chi connectivity index (χ0n) is 8.69. The fourth-order valence-electron chi connectivity index (χ4n) is 1.21. The number of rotatable bonds is 2. The predicted molar refractivity (Wildman–Crippen MR) is 59.9 cm³/mol. The number of aromatic amines is 1. The molecule has 0 aliphatic heterocycles. The van der Waals surface area contributed by atoms with Crippen LogP contribution in [0.5, 0.6) is 0 Å². The van der Waals surface area contributed by atoms with Crippen LogP contribution in [0, 0.1) is 6.92 Å². The molecule has 82 valence electrons. The van der Waals surface area contributed by atoms with Gasteiger partial charge in [-0.3, -0.25) is 9.89 Å². The van der Waals surface area contributed by atoms with Crippen molar-refractivity contribution in [3.63, 3.8) is 0 Å². The average molecular weight is 217 g/mol. The molecule has 2 heterocycles. The monoisotopic (exact) mass is 217 g/mol. The molecule has 6 heteroatoms. The number of carbonyl (C=O) groups is 1. The lowest BCUT2D eigenvalue weighted by atomic mass is 10.3. The summed E-state index contributed by atoms with van der Waals surface area (Å²) in [5.41, 5.74) is 7.19. The van der Waals surface area contributed by atoms with E-state index in [1.165, 1.54) is 6.20 Å². The van der Waals surface area contributed by atoms with Crippen molar-refractivity contribution in [1.82, 2.24) is 15.2 Å². The maximum atomic E-state index is 11.7. The second-order valence-electron chi connectivity index (χ2n) is 3.36. The molecule has 0 radical (unpaired) electrons. The van der Waals surface area contributed by atoms with Gasteiger partial charge >= 0.3 is 0 Å². The van der Waals surface area contributed by atoms with Gasteiger partial charge in [-0.1, -0.05) is 0 Å². The number of nitrogens with one attached hydrogen (secondary N) is 2. The number of nitrogen functional groups attached to an aromatic ring is 1. The third kappa shape index (κ3) is 2.17. The number of hydrogen-bond acceptors (Lipinski definition) is 4. The van der Waals surface area contributed by atoms with Gasteiger partial charge in [-0.2, -0.15) is 5.10 Å². The summed E-state index contributed by atoms with van der Waals surface area (Å²) in [6.07, 6.45) is 1.49. The molecule has 0 spiro atoms. The first-order valence-corrected chi connectivity index (χ1v) is 4.70. The van der Waals surface area contributed by atoms with Crippen LogP contribution in [0.2, 0.25) is 0 Å². The highest BCUT2D eigenvalue weighted by Crippen LogP contribution is 2.08. The minimum Gasteiger partial charge on any atom is -0.384 e. The number of pyridine rings is 1. The number of H-pyrrole nitrogens is 1. The number of nitrogens with two attached hydrogens (primary N) is 1. The van der Waals surface area contributed by atoms with E-state index in [0.717, 1.165) is 5.69 Å². The van der Waals surface area contributed by atoms with Crippen molar-refractivity contribution in [3.8, 4) is 0 Å². The topological polar surface area (TPSA) is 96.7 Å². The van der Waals surface area contributed by atoms with E-state index in [1.807, 2.05) is 6.92 Å². The Bertz CT molecular complexity index is 502. The van der Waals surface area contributed by atoms with Gasteiger partial charge in [-0.25, -0.2) is 4.98 Å². The number of amides is 1. The maximum Gasteiger partial charge on any atom is 0.276 e. The zero-order valence-corrected chi connectivity index (χ0v) is 8.69. The molecule has 0 saturated carbocycles. The highest BCUT2D eigenvalue weighted by molar-refractivity contribution is 6.02. The van der Waals surface area contributed by atoms with Gasteiger partial charge in [0.2, 0.25) is 0 Å². The third-order valence-corrected chi connectivity index (χ3v) is 1.98. The van der Waals surface area contributed by atoms with Crippen LogP contribution in [0.15, 0.2) is 24.4 Å². The van der Waals surface area contributed by atoms with Crippen LogP contribution in [0.4, 0.5) is 11.5 Å². The summed E-state index contributed by atoms with van der Waals surface area (Å²) in [4.78, 5) is 15.5. The van der Waals surface area contributed by atoms with Crippen molar-refractivity contribution in [2.24, 2.45) is 0 Å². The molecule has 2 rings (SSSR count). The van der Waals surface area contributed by atoms with Gasteiger partial charge in [0.05, 0.1) is 11.9 Å². The van der Waals surface area contributed by atoms with E-state index < -0.39 is 0 Å². The van der Waals surface area contributed by atoms with Crippen molar-refractivity contribution in [1.29, 1.82) is 0 Å². The molecule has 4 N–H and O–H groups in total. The van der Waals surface area contributed by atoms with Crippen LogP contribution in [0.3, 0.4) is 0 Å². The molecule has 0 unspecified atom stereocenters. The predicted octanol–water partition coefficient (Wildman–Crippen LogP) is 0.948. The average Bonchev–Trinajstić information content (AvgIpc) is 2.68. The summed E-state index contributed by atoms with van der Waals surface area (Å²) in [6, 6.07) is 4.96. The molecule has 6 nitrogen and oxygen atoms in total. The normalized spacial score (nSPS) is 10.1. The second kappa shape index (κ2) is 4.01. The number of carbonyl (C=O) groups excluding carboxylic acids is 1. The van der Waals surface area contributed by atoms with E-state index in [0.29, 0.717) is 17.2 Å². The molecule has 0 bridgehead atoms. The van der Waals surface area contributed by atoms with Crippen LogP contribution in [-0.4, -0.2) is 21.1 Å². The maximum absolute atomic E-state index is 11.7. The summed E-state index contributed by atoms with van der Waals surface area (Å²) in [7, 11) is 0. The Labute approximate surface area is 91.9 Å². The van der Waals surface area contributed by atoms with Gasteiger partial charge in [0.15, 0.2) is 5.69 Å². The third-order valence-electron chi connectivity index (χ3n) is 1.98. The minimum absolute atomic E-state index is 0.282. The van der Waals surface area contributed by atoms with Gasteiger partial charge in [0.25, 0.3) is 5.91 Å². The number of aromatic nitrogens is 3. The molecule has 0 aliphatic rings. The van der Waals surface area contributed by atoms with Gasteiger partial charge in [-0.05, 0) is 25.1 Å². The Balaban J connectivity index is 2.10. The SMILES string of the molecule is Cc1cc(C(=O)Nc2ccc(N)nc2)n[nH]1. The second-order valence-corrected chi connectivity index (χ2v) is 3.36. The van der Waals surface area contributed by atoms with E-state index in [2.05, 4.69) is 20.5 Å². The summed E-state index contributed by atoms with van der Waals surface area (Å²) in [5, 5.41) is 9.20. The molecular formula is C10H11N5O. The molecule has 0 aliphatic carbocycles. The summed E-state index contributed by atoms with van der Waals surface area (Å²) in [6.45, 7) is 1.83. The lowest BCUT2D eigenvalue weighted by Gasteiger charge is -2.01. The first kappa shape index (κ1) is 10.2. The van der Waals surface area contributed by atoms with Gasteiger partial charge in [0.1, 0.15) is 5.82 Å². The number of aryl methyl sites for hydroxylation is 1. The lowest BCUT2D eigenvalue weighted by Crippen LogP contribution is -2.12. The molecule has 1 amide bonds. The fourth-order valence-corrected chi connectivity index (χ4v) is 1.21. The molecule has 0 atom stereocenters. The van der Waals surface area contributed by atoms with E-state index in [1.54, 1.807) is 18.2 Å². The summed E-state index contributed by atoms with van der Waals surface area (Å²) < 4.78 is 0. The highest BCUT2D eigenvalue weighted by Gasteiger charge is 2.09. The van der Waals surface area contributed by atoms with Crippen LogP contribution in [0.25, 0.3) is 0 Å². The molecule has 0 saturated heterocycles. The lowest BCUT2D eigenvalue weighted by molar-refractivity contribution is 0.102. The van der Waals surface area contributed by atoms with Gasteiger partial charge in [-0.15, -0.1) is 0 Å². The molecule has 2 aromatic heterocycles. The van der Waals surface area contributed by atoms with Crippen LogP contribution >= 0.6 is 0 Å². The smallest absolute Gasteiger partial charge is 0.276 e. The Morgan fingerprint density at radius 2 is 2.31 bits per heavy atom. The molecule has 0 aromatic carbocycles. The Morgan fingerprint density at radius 1 is 1.50 bits per heavy atom. The minimum atomic E-state index is -0.282.